The molecule has 1 unspecified atom stereocenters. The lowest BCUT2D eigenvalue weighted by atomic mass is 10.2. The first-order valence-corrected chi connectivity index (χ1v) is 8.17. The van der Waals surface area contributed by atoms with E-state index in [2.05, 4.69) is 5.10 Å². The molecule has 0 aliphatic carbocycles. The Bertz CT molecular complexity index is 843. The summed E-state index contributed by atoms with van der Waals surface area (Å²) in [7, 11) is 2.04. The number of nitrogens with zero attached hydrogens (tertiary/aromatic N) is 2. The molecule has 3 rings (SSSR count). The summed E-state index contributed by atoms with van der Waals surface area (Å²) in [4.78, 5) is 1.55. The highest BCUT2D eigenvalue weighted by atomic mass is 32.1. The van der Waals surface area contributed by atoms with Gasteiger partial charge in [-0.15, -0.1) is 5.10 Å². The van der Waals surface area contributed by atoms with Crippen LogP contribution in [0.15, 0.2) is 59.0 Å². The minimum atomic E-state index is -0.222. The highest BCUT2D eigenvalue weighted by molar-refractivity contribution is 7.71. The number of quaternary nitrogens is 1. The first kappa shape index (κ1) is 16.5. The van der Waals surface area contributed by atoms with Crippen LogP contribution >= 0.6 is 12.2 Å². The van der Waals surface area contributed by atoms with E-state index < -0.39 is 0 Å². The Hall–Kier alpha value is -2.31. The lowest BCUT2D eigenvalue weighted by Gasteiger charge is -2.13. The molecule has 0 saturated carbocycles. The fourth-order valence-electron chi connectivity index (χ4n) is 2.55. The van der Waals surface area contributed by atoms with Gasteiger partial charge in [0.05, 0.1) is 13.5 Å². The van der Waals surface area contributed by atoms with Gasteiger partial charge in [-0.05, 0) is 29.9 Å². The quantitative estimate of drug-likeness (QED) is 0.698. The van der Waals surface area contributed by atoms with Crippen molar-refractivity contribution in [1.29, 1.82) is 0 Å². The van der Waals surface area contributed by atoms with Gasteiger partial charge in [-0.25, -0.2) is 4.39 Å². The summed E-state index contributed by atoms with van der Waals surface area (Å²) in [6, 6.07) is 16.6. The van der Waals surface area contributed by atoms with Gasteiger partial charge in [0.15, 0.2) is 6.67 Å². The van der Waals surface area contributed by atoms with E-state index in [1.807, 2.05) is 37.4 Å². The Kier molecular flexibility index (Phi) is 5.17. The van der Waals surface area contributed by atoms with Crippen molar-refractivity contribution in [3.63, 3.8) is 0 Å². The van der Waals surface area contributed by atoms with E-state index in [0.29, 0.717) is 23.8 Å². The Morgan fingerprint density at radius 1 is 1.08 bits per heavy atom. The van der Waals surface area contributed by atoms with Crippen LogP contribution in [0.25, 0.3) is 0 Å². The molecule has 1 aromatic heterocycles. The van der Waals surface area contributed by atoms with Gasteiger partial charge in [-0.3, -0.25) is 0 Å². The SMILES string of the molecule is C[NH+](Cc1ccc(F)cc1)Cn1nc(Cc2ccccc2)oc1=S. The average Bonchev–Trinajstić information content (AvgIpc) is 2.90. The molecule has 1 heterocycles. The standard InChI is InChI=1S/C18H18FN3OS/c1-21(12-15-7-9-16(19)10-8-15)13-22-18(24)23-17(20-22)11-14-5-3-2-4-6-14/h2-10H,11-13H2,1H3/p+1. The largest absolute Gasteiger partial charge is 0.413 e. The molecule has 0 radical (unpaired) electrons. The average molecular weight is 344 g/mol. The van der Waals surface area contributed by atoms with Gasteiger partial charge in [-0.1, -0.05) is 42.5 Å². The van der Waals surface area contributed by atoms with Crippen LogP contribution in [0.5, 0.6) is 0 Å². The van der Waals surface area contributed by atoms with E-state index >= 15 is 0 Å². The second kappa shape index (κ2) is 7.51. The van der Waals surface area contributed by atoms with Crippen molar-refractivity contribution >= 4 is 12.2 Å². The Balaban J connectivity index is 1.64. The highest BCUT2D eigenvalue weighted by Gasteiger charge is 2.11. The van der Waals surface area contributed by atoms with E-state index in [4.69, 9.17) is 16.6 Å². The Labute approximate surface area is 145 Å². The van der Waals surface area contributed by atoms with Crippen molar-refractivity contribution < 1.29 is 13.7 Å². The molecule has 1 atom stereocenters. The number of benzene rings is 2. The number of halogens is 1. The maximum atomic E-state index is 13.0. The zero-order chi connectivity index (χ0) is 16.9. The molecule has 0 amide bonds. The van der Waals surface area contributed by atoms with Crippen LogP contribution < -0.4 is 4.90 Å². The first-order valence-electron chi connectivity index (χ1n) is 7.76. The van der Waals surface area contributed by atoms with Crippen LogP contribution in [0.4, 0.5) is 4.39 Å². The molecule has 124 valence electrons. The third-order valence-corrected chi connectivity index (χ3v) is 3.98. The van der Waals surface area contributed by atoms with Crippen molar-refractivity contribution in [3.05, 3.63) is 82.3 Å². The zero-order valence-electron chi connectivity index (χ0n) is 13.4. The van der Waals surface area contributed by atoms with E-state index in [1.54, 1.807) is 16.8 Å². The van der Waals surface area contributed by atoms with Crippen LogP contribution in [0.3, 0.4) is 0 Å². The number of rotatable bonds is 6. The van der Waals surface area contributed by atoms with Crippen LogP contribution in [0.2, 0.25) is 0 Å². The first-order chi connectivity index (χ1) is 11.6. The fourth-order valence-corrected chi connectivity index (χ4v) is 2.76. The van der Waals surface area contributed by atoms with Crippen molar-refractivity contribution in [1.82, 2.24) is 9.78 Å². The lowest BCUT2D eigenvalue weighted by Crippen LogP contribution is -3.07. The molecule has 4 nitrogen and oxygen atoms in total. The van der Waals surface area contributed by atoms with Crippen LogP contribution in [-0.4, -0.2) is 16.8 Å². The summed E-state index contributed by atoms with van der Waals surface area (Å²) in [6.07, 6.45) is 0.620. The number of nitrogens with one attached hydrogen (secondary N) is 1. The molecule has 24 heavy (non-hydrogen) atoms. The molecule has 6 heteroatoms. The minimum Gasteiger partial charge on any atom is -0.413 e. The highest BCUT2D eigenvalue weighted by Crippen LogP contribution is 2.08. The fraction of sp³-hybridized carbons (Fsp3) is 0.222. The van der Waals surface area contributed by atoms with Crippen molar-refractivity contribution in [2.45, 2.75) is 19.6 Å². The van der Waals surface area contributed by atoms with E-state index in [0.717, 1.165) is 17.7 Å². The zero-order valence-corrected chi connectivity index (χ0v) is 14.2. The topological polar surface area (TPSA) is 35.4 Å². The Morgan fingerprint density at radius 3 is 2.50 bits per heavy atom. The predicted molar refractivity (Wildman–Crippen MR) is 91.6 cm³/mol. The Morgan fingerprint density at radius 2 is 1.79 bits per heavy atom. The molecule has 0 fully saturated rings. The van der Waals surface area contributed by atoms with Gasteiger partial charge in [0.2, 0.25) is 5.89 Å². The number of hydrogen-bond donors (Lipinski definition) is 1. The van der Waals surface area contributed by atoms with Crippen LogP contribution in [0.1, 0.15) is 17.0 Å². The van der Waals surface area contributed by atoms with Gasteiger partial charge < -0.3 is 9.32 Å². The second-order valence-electron chi connectivity index (χ2n) is 5.84. The summed E-state index contributed by atoms with van der Waals surface area (Å²) in [6.45, 7) is 1.34. The summed E-state index contributed by atoms with van der Waals surface area (Å²) in [5.74, 6) is 0.390. The molecule has 0 spiro atoms. The minimum absolute atomic E-state index is 0.222. The maximum absolute atomic E-state index is 13.0. The lowest BCUT2D eigenvalue weighted by molar-refractivity contribution is -0.917. The van der Waals surface area contributed by atoms with E-state index in [9.17, 15) is 4.39 Å². The van der Waals surface area contributed by atoms with Gasteiger partial charge in [-0.2, -0.15) is 4.68 Å². The van der Waals surface area contributed by atoms with Crippen molar-refractivity contribution in [2.24, 2.45) is 0 Å². The maximum Gasteiger partial charge on any atom is 0.291 e. The number of aromatic nitrogens is 2. The van der Waals surface area contributed by atoms with Gasteiger partial charge in [0, 0.05) is 5.56 Å². The van der Waals surface area contributed by atoms with Crippen LogP contribution in [-0.2, 0) is 19.6 Å². The van der Waals surface area contributed by atoms with E-state index in [-0.39, 0.29) is 5.82 Å². The third-order valence-electron chi connectivity index (χ3n) is 3.69. The molecule has 1 N–H and O–H groups in total. The molecule has 0 aliphatic rings. The predicted octanol–water partition coefficient (Wildman–Crippen LogP) is 2.61. The summed E-state index contributed by atoms with van der Waals surface area (Å²) in [5, 5.41) is 4.47. The molecule has 3 aromatic rings. The van der Waals surface area contributed by atoms with Gasteiger partial charge in [0.1, 0.15) is 12.4 Å². The summed E-state index contributed by atoms with van der Waals surface area (Å²) < 4.78 is 20.2. The van der Waals surface area contributed by atoms with Gasteiger partial charge >= 0.3 is 0 Å². The van der Waals surface area contributed by atoms with Crippen molar-refractivity contribution in [2.75, 3.05) is 7.05 Å². The monoisotopic (exact) mass is 344 g/mol. The molecule has 0 saturated heterocycles. The molecule has 2 aromatic carbocycles. The number of hydrogen-bond acceptors (Lipinski definition) is 3. The van der Waals surface area contributed by atoms with Crippen LogP contribution in [0, 0.1) is 10.7 Å². The normalized spacial score (nSPS) is 12.2. The smallest absolute Gasteiger partial charge is 0.291 e. The molecule has 0 aliphatic heterocycles. The third kappa shape index (κ3) is 4.37. The van der Waals surface area contributed by atoms with Crippen molar-refractivity contribution in [3.8, 4) is 0 Å². The molecule has 0 bridgehead atoms. The summed E-state index contributed by atoms with van der Waals surface area (Å²) in [5.41, 5.74) is 2.20. The second-order valence-corrected chi connectivity index (χ2v) is 6.19. The molecular formula is C18H19FN3OS+. The molecular weight excluding hydrogens is 325 g/mol. The van der Waals surface area contributed by atoms with Gasteiger partial charge in [0.25, 0.3) is 4.84 Å². The van der Waals surface area contributed by atoms with E-state index in [1.165, 1.54) is 17.0 Å². The summed E-state index contributed by atoms with van der Waals surface area (Å²) >= 11 is 5.26.